The minimum atomic E-state index is -4.19. The summed E-state index contributed by atoms with van der Waals surface area (Å²) in [6.07, 6.45) is 0.0363. The van der Waals surface area contributed by atoms with Crippen LogP contribution in [-0.2, 0) is 44.9 Å². The van der Waals surface area contributed by atoms with Crippen LogP contribution in [0.25, 0.3) is 0 Å². The van der Waals surface area contributed by atoms with Crippen LogP contribution >= 0.6 is 34.8 Å². The van der Waals surface area contributed by atoms with Crippen molar-refractivity contribution in [3.8, 4) is 0 Å². The van der Waals surface area contributed by atoms with E-state index in [9.17, 15) is 22.8 Å². The van der Waals surface area contributed by atoms with Crippen molar-refractivity contribution < 1.29 is 83.3 Å². The smallest absolute Gasteiger partial charge is 0.398 e. The van der Waals surface area contributed by atoms with Crippen LogP contribution in [0.5, 0.6) is 0 Å². The van der Waals surface area contributed by atoms with E-state index in [1.807, 2.05) is 57.2 Å². The van der Waals surface area contributed by atoms with Gasteiger partial charge in [-0.1, -0.05) is 183 Å². The molecule has 0 heterocycles. The van der Waals surface area contributed by atoms with E-state index < -0.39 is 30.0 Å². The Morgan fingerprint density at radius 1 is 0.506 bits per heavy atom. The molecule has 5 aromatic rings. The zero-order chi connectivity index (χ0) is 63.8. The topological polar surface area (TPSA) is 211 Å². The van der Waals surface area contributed by atoms with E-state index in [1.165, 1.54) is 90.9 Å². The Morgan fingerprint density at radius 3 is 1.20 bits per heavy atom. The summed E-state index contributed by atoms with van der Waals surface area (Å²) in [7, 11) is 7.20. The highest BCUT2D eigenvalue weighted by atomic mass is 35.5. The summed E-state index contributed by atoms with van der Waals surface area (Å²) in [6.45, 7) is 21.5. The van der Waals surface area contributed by atoms with Gasteiger partial charge in [0.1, 0.15) is 6.61 Å². The van der Waals surface area contributed by atoms with E-state index in [0.29, 0.717) is 38.1 Å². The number of esters is 1. The summed E-state index contributed by atoms with van der Waals surface area (Å²) in [5.74, 6) is -0.0861. The van der Waals surface area contributed by atoms with Crippen LogP contribution in [0.4, 0.5) is 13.2 Å². The van der Waals surface area contributed by atoms with Crippen LogP contribution in [0.1, 0.15) is 169 Å². The number of ketones is 1. The molecule has 462 valence electrons. The fourth-order valence-corrected chi connectivity index (χ4v) is 6.60. The molecule has 0 spiro atoms. The Labute approximate surface area is 495 Å². The van der Waals surface area contributed by atoms with Crippen LogP contribution in [-0.4, -0.2) is 98.6 Å². The van der Waals surface area contributed by atoms with Gasteiger partial charge in [0.05, 0.1) is 68.6 Å². The number of carbonyl (C=O) groups is 2. The molecule has 0 saturated carbocycles. The van der Waals surface area contributed by atoms with E-state index in [4.69, 9.17) is 66.2 Å². The largest absolute Gasteiger partial charge is 0.465 e. The second kappa shape index (κ2) is 50.0. The van der Waals surface area contributed by atoms with Gasteiger partial charge in [-0.25, -0.2) is 29.2 Å². The third kappa shape index (κ3) is 37.3. The first kappa shape index (κ1) is 85.3. The lowest BCUT2D eigenvalue weighted by Crippen LogP contribution is -2.38. The standard InChI is InChI=1S/C14H18O4.C11H13F3.C11H16.C10H12Cl2.C10H13Cl.5CH4O2/c1-4-9(2)10-5-11(13(16)8-15)7-12(6-10)14(17)18-3;1-3-10(2,11(12,13)14)9-7-5-4-6-8-9;1-4-11(2,3)10-8-6-5-7-9-10;1-3-7(2)8-4-5-9(11)10(12)6-8;1-3-10(2,11)9-7-5-4-6-8-9;5*1-3-2/h5-7,9,15H,4,8H2,1-3H3;4-8H,3H2,1-2H3;5-9H,4H2,1-3H3;4-7H,3H2,1-2H3;4-8H,3H2,1-2H3;5*2H,1H3. The van der Waals surface area contributed by atoms with E-state index in [0.717, 1.165) is 24.8 Å². The maximum absolute atomic E-state index is 12.8. The second-order valence-corrected chi connectivity index (χ2v) is 19.8. The van der Waals surface area contributed by atoms with E-state index in [2.05, 4.69) is 113 Å². The van der Waals surface area contributed by atoms with E-state index in [1.54, 1.807) is 37.3 Å². The normalized spacial score (nSPS) is 12.3. The average molecular weight is 1210 g/mol. The number of methoxy groups -OCH3 is 1. The van der Waals surface area contributed by atoms with Gasteiger partial charge < -0.3 is 9.84 Å². The monoisotopic (exact) mass is 1210 g/mol. The Hall–Kier alpha value is -4.54. The van der Waals surface area contributed by atoms with Gasteiger partial charge >= 0.3 is 12.1 Å². The van der Waals surface area contributed by atoms with Gasteiger partial charge in [0.15, 0.2) is 5.78 Å². The molecule has 0 saturated heterocycles. The van der Waals surface area contributed by atoms with Crippen molar-refractivity contribution in [2.24, 2.45) is 0 Å². The molecule has 0 bridgehead atoms. The summed E-state index contributed by atoms with van der Waals surface area (Å²) in [5.41, 5.74) is 4.41. The zero-order valence-electron chi connectivity index (χ0n) is 50.2. The fourth-order valence-electron chi connectivity index (χ4n) is 6.17. The number of carbonyl (C=O) groups excluding carboxylic acids is 2. The minimum Gasteiger partial charge on any atom is -0.465 e. The molecule has 0 fully saturated rings. The molecule has 0 aromatic heterocycles. The Morgan fingerprint density at radius 2 is 0.877 bits per heavy atom. The van der Waals surface area contributed by atoms with Crippen LogP contribution in [0.15, 0.2) is 127 Å². The van der Waals surface area contributed by atoms with Crippen LogP contribution < -0.4 is 0 Å². The molecular weight excluding hydrogens is 1120 g/mol. The average Bonchev–Trinajstić information content (AvgIpc) is 3.46. The van der Waals surface area contributed by atoms with Gasteiger partial charge in [0.2, 0.25) is 0 Å². The zero-order valence-corrected chi connectivity index (χ0v) is 52.5. The third-order valence-electron chi connectivity index (χ3n) is 12.4. The molecule has 5 rings (SSSR count). The van der Waals surface area contributed by atoms with Crippen LogP contribution in [0, 0.1) is 0 Å². The predicted molar refractivity (Wildman–Crippen MR) is 321 cm³/mol. The van der Waals surface area contributed by atoms with Crippen molar-refractivity contribution in [3.05, 3.63) is 176 Å². The summed E-state index contributed by atoms with van der Waals surface area (Å²) in [4.78, 5) is 39.1. The molecule has 4 atom stereocenters. The number of ether oxygens (including phenoxy) is 1. The summed E-state index contributed by atoms with van der Waals surface area (Å²) >= 11 is 17.9. The van der Waals surface area contributed by atoms with Gasteiger partial charge in [0.25, 0.3) is 0 Å². The van der Waals surface area contributed by atoms with Crippen molar-refractivity contribution >= 4 is 46.6 Å². The third-order valence-corrected chi connectivity index (χ3v) is 13.6. The maximum atomic E-state index is 12.8. The molecule has 20 heteroatoms. The Balaban J connectivity index is -0.000000281. The molecule has 14 nitrogen and oxygen atoms in total. The molecule has 6 N–H and O–H groups in total. The molecule has 4 unspecified atom stereocenters. The first-order chi connectivity index (χ1) is 38.0. The molecule has 5 aromatic carbocycles. The van der Waals surface area contributed by atoms with E-state index >= 15 is 0 Å². The number of rotatable bonds is 13. The Kier molecular flexibility index (Phi) is 52.6. The highest BCUT2D eigenvalue weighted by molar-refractivity contribution is 6.42. The van der Waals surface area contributed by atoms with Crippen LogP contribution in [0.2, 0.25) is 10.0 Å². The molecule has 0 amide bonds. The molecular formula is C61H92Cl3F3O14. The maximum Gasteiger partial charge on any atom is 0.398 e. The van der Waals surface area contributed by atoms with Gasteiger partial charge in [-0.3, -0.25) is 31.1 Å². The molecule has 0 aliphatic rings. The molecule has 0 aliphatic carbocycles. The van der Waals surface area contributed by atoms with Crippen LogP contribution in [0.3, 0.4) is 0 Å². The highest BCUT2D eigenvalue weighted by Crippen LogP contribution is 2.43. The Bertz CT molecular complexity index is 2180. The lowest BCUT2D eigenvalue weighted by atomic mass is 9.79. The summed E-state index contributed by atoms with van der Waals surface area (Å²) < 4.78 is 43.0. The lowest BCUT2D eigenvalue weighted by molar-refractivity contribution is -0.215. The quantitative estimate of drug-likeness (QED) is 0.0213. The SMILES string of the molecule is CCC(C)(C)c1ccccc1.CCC(C)(Cl)c1ccccc1.CCC(C)(c1ccccc1)C(F)(F)F.CCC(C)c1cc(C(=O)CO)cc(C(=O)OC)c1.CCC(C)c1ccc(Cl)c(Cl)c1.COO.COO.COO.COO.COO. The van der Waals surface area contributed by atoms with Crippen molar-refractivity contribution in [1.82, 2.24) is 0 Å². The van der Waals surface area contributed by atoms with Gasteiger partial charge in [0, 0.05) is 5.56 Å². The summed E-state index contributed by atoms with van der Waals surface area (Å²) in [6, 6.07) is 39.6. The second-order valence-electron chi connectivity index (χ2n) is 18.2. The lowest BCUT2D eigenvalue weighted by Gasteiger charge is -2.31. The number of benzene rings is 5. The predicted octanol–water partition coefficient (Wildman–Crippen LogP) is 18.0. The van der Waals surface area contributed by atoms with Gasteiger partial charge in [-0.05, 0) is 121 Å². The molecule has 81 heavy (non-hydrogen) atoms. The molecule has 0 aliphatic heterocycles. The molecule has 0 radical (unpaired) electrons. The number of hydrogen-bond acceptors (Lipinski definition) is 14. The first-order valence-electron chi connectivity index (χ1n) is 25.6. The number of alkyl halides is 4. The van der Waals surface area contributed by atoms with Gasteiger partial charge in [-0.2, -0.15) is 13.2 Å². The first-order valence-corrected chi connectivity index (χ1v) is 26.8. The number of halogens is 6. The van der Waals surface area contributed by atoms with Crippen molar-refractivity contribution in [2.75, 3.05) is 49.3 Å². The summed E-state index contributed by atoms with van der Waals surface area (Å²) in [5, 5.41) is 45.5. The minimum absolute atomic E-state index is 0.0561. The van der Waals surface area contributed by atoms with Crippen molar-refractivity contribution in [3.63, 3.8) is 0 Å². The number of hydrogen-bond donors (Lipinski definition) is 6. The van der Waals surface area contributed by atoms with Crippen molar-refractivity contribution in [1.29, 1.82) is 0 Å². The number of aliphatic hydroxyl groups excluding tert-OH is 1. The van der Waals surface area contributed by atoms with E-state index in [-0.39, 0.29) is 17.2 Å². The number of Topliss-reactive ketones (excluding diaryl/α,β-unsaturated/α-hetero) is 1. The number of aliphatic hydroxyl groups is 1. The van der Waals surface area contributed by atoms with Gasteiger partial charge in [-0.15, -0.1) is 11.6 Å². The highest BCUT2D eigenvalue weighted by Gasteiger charge is 2.50. The fraction of sp³-hybridized carbons (Fsp3) is 0.475. The van der Waals surface area contributed by atoms with Crippen molar-refractivity contribution in [2.45, 2.75) is 142 Å².